The van der Waals surface area contributed by atoms with E-state index in [9.17, 15) is 4.39 Å². The van der Waals surface area contributed by atoms with Crippen molar-refractivity contribution in [3.8, 4) is 0 Å². The van der Waals surface area contributed by atoms with Crippen molar-refractivity contribution in [1.82, 2.24) is 5.32 Å². The van der Waals surface area contributed by atoms with Gasteiger partial charge in [0, 0.05) is 6.54 Å². The van der Waals surface area contributed by atoms with Crippen LogP contribution in [0, 0.1) is 11.7 Å². The summed E-state index contributed by atoms with van der Waals surface area (Å²) in [6.07, 6.45) is 7.92. The third-order valence-electron chi connectivity index (χ3n) is 4.31. The fraction of sp³-hybridized carbons (Fsp3) is 0.647. The molecule has 1 saturated carbocycles. The van der Waals surface area contributed by atoms with Crippen LogP contribution in [0.15, 0.2) is 24.3 Å². The number of hydrogen-bond acceptors (Lipinski definition) is 1. The van der Waals surface area contributed by atoms with Crippen LogP contribution in [0.3, 0.4) is 0 Å². The molecule has 19 heavy (non-hydrogen) atoms. The van der Waals surface area contributed by atoms with Crippen LogP contribution in [0.2, 0.25) is 0 Å². The first-order chi connectivity index (χ1) is 9.31. The van der Waals surface area contributed by atoms with E-state index in [0.29, 0.717) is 5.92 Å². The third-order valence-corrected chi connectivity index (χ3v) is 4.31. The van der Waals surface area contributed by atoms with E-state index in [2.05, 4.69) is 12.2 Å². The minimum absolute atomic E-state index is 0.132. The average molecular weight is 263 g/mol. The summed E-state index contributed by atoms with van der Waals surface area (Å²) in [6.45, 7) is 4.30. The molecule has 0 saturated heterocycles. The van der Waals surface area contributed by atoms with Crippen molar-refractivity contribution >= 4 is 0 Å². The van der Waals surface area contributed by atoms with Crippen molar-refractivity contribution in [2.24, 2.45) is 5.92 Å². The Bertz CT molecular complexity index is 354. The van der Waals surface area contributed by atoms with Gasteiger partial charge in [-0.05, 0) is 55.3 Å². The lowest BCUT2D eigenvalue weighted by atomic mass is 9.77. The Hall–Kier alpha value is -0.890. The molecule has 0 aromatic heterocycles. The molecular formula is C17H26FN. The van der Waals surface area contributed by atoms with E-state index in [-0.39, 0.29) is 5.82 Å². The van der Waals surface area contributed by atoms with Gasteiger partial charge in [-0.15, -0.1) is 0 Å². The molecule has 2 heteroatoms. The van der Waals surface area contributed by atoms with Gasteiger partial charge in [0.05, 0.1) is 0 Å². The predicted octanol–water partition coefficient (Wildman–Crippen LogP) is 4.49. The van der Waals surface area contributed by atoms with Gasteiger partial charge in [0.2, 0.25) is 0 Å². The smallest absolute Gasteiger partial charge is 0.123 e. The van der Waals surface area contributed by atoms with E-state index in [1.807, 2.05) is 12.1 Å². The van der Waals surface area contributed by atoms with Crippen LogP contribution in [-0.4, -0.2) is 13.1 Å². The quantitative estimate of drug-likeness (QED) is 0.746. The Morgan fingerprint density at radius 1 is 1.16 bits per heavy atom. The van der Waals surface area contributed by atoms with E-state index in [4.69, 9.17) is 0 Å². The Morgan fingerprint density at radius 2 is 1.84 bits per heavy atom. The van der Waals surface area contributed by atoms with Gasteiger partial charge in [0.15, 0.2) is 0 Å². The van der Waals surface area contributed by atoms with E-state index >= 15 is 0 Å². The first-order valence-corrected chi connectivity index (χ1v) is 7.77. The molecule has 1 N–H and O–H groups in total. The van der Waals surface area contributed by atoms with Gasteiger partial charge < -0.3 is 5.32 Å². The fourth-order valence-corrected chi connectivity index (χ4v) is 3.24. The van der Waals surface area contributed by atoms with Crippen LogP contribution < -0.4 is 5.32 Å². The summed E-state index contributed by atoms with van der Waals surface area (Å²) < 4.78 is 13.1. The maximum absolute atomic E-state index is 13.1. The standard InChI is InChI=1S/C17H26FN/c1-2-12-19-13-17(14-6-4-3-5-7-14)15-8-10-16(18)11-9-15/h8-11,14,17,19H,2-7,12-13H2,1H3. The summed E-state index contributed by atoms with van der Waals surface area (Å²) >= 11 is 0. The van der Waals surface area contributed by atoms with Gasteiger partial charge in [-0.3, -0.25) is 0 Å². The fourth-order valence-electron chi connectivity index (χ4n) is 3.24. The zero-order valence-corrected chi connectivity index (χ0v) is 12.0. The first-order valence-electron chi connectivity index (χ1n) is 7.77. The Balaban J connectivity index is 2.05. The lowest BCUT2D eigenvalue weighted by molar-refractivity contribution is 0.297. The van der Waals surface area contributed by atoms with Crippen molar-refractivity contribution < 1.29 is 4.39 Å². The molecule has 106 valence electrons. The normalized spacial score (nSPS) is 18.4. The molecular weight excluding hydrogens is 237 g/mol. The SMILES string of the molecule is CCCNCC(c1ccc(F)cc1)C1CCCCC1. The summed E-state index contributed by atoms with van der Waals surface area (Å²) in [5.41, 5.74) is 1.30. The summed E-state index contributed by atoms with van der Waals surface area (Å²) in [5.74, 6) is 1.18. The largest absolute Gasteiger partial charge is 0.316 e. The maximum Gasteiger partial charge on any atom is 0.123 e. The molecule has 0 spiro atoms. The van der Waals surface area contributed by atoms with Crippen LogP contribution in [-0.2, 0) is 0 Å². The Kier molecular flexibility index (Phi) is 5.84. The van der Waals surface area contributed by atoms with Crippen LogP contribution in [0.5, 0.6) is 0 Å². The molecule has 0 radical (unpaired) electrons. The number of halogens is 1. The van der Waals surface area contributed by atoms with Crippen molar-refractivity contribution in [3.63, 3.8) is 0 Å². The highest BCUT2D eigenvalue weighted by Crippen LogP contribution is 2.35. The lowest BCUT2D eigenvalue weighted by Crippen LogP contribution is -2.28. The monoisotopic (exact) mass is 263 g/mol. The van der Waals surface area contributed by atoms with Crippen molar-refractivity contribution in [2.75, 3.05) is 13.1 Å². The average Bonchev–Trinajstić information content (AvgIpc) is 2.46. The molecule has 1 aliphatic rings. The van der Waals surface area contributed by atoms with Crippen LogP contribution in [0.1, 0.15) is 56.9 Å². The highest BCUT2D eigenvalue weighted by atomic mass is 19.1. The molecule has 1 aromatic carbocycles. The van der Waals surface area contributed by atoms with Crippen LogP contribution in [0.4, 0.5) is 4.39 Å². The molecule has 1 nitrogen and oxygen atoms in total. The molecule has 1 unspecified atom stereocenters. The third kappa shape index (κ3) is 4.31. The minimum atomic E-state index is -0.132. The summed E-state index contributed by atoms with van der Waals surface area (Å²) in [4.78, 5) is 0. The molecule has 0 amide bonds. The van der Waals surface area contributed by atoms with E-state index in [1.165, 1.54) is 44.1 Å². The van der Waals surface area contributed by atoms with Crippen molar-refractivity contribution in [2.45, 2.75) is 51.4 Å². The molecule has 1 fully saturated rings. The Labute approximate surface area is 116 Å². The Morgan fingerprint density at radius 3 is 2.47 bits per heavy atom. The van der Waals surface area contributed by atoms with Gasteiger partial charge in [0.1, 0.15) is 5.82 Å². The molecule has 0 heterocycles. The predicted molar refractivity (Wildman–Crippen MR) is 78.9 cm³/mol. The van der Waals surface area contributed by atoms with E-state index < -0.39 is 0 Å². The van der Waals surface area contributed by atoms with Gasteiger partial charge in [-0.25, -0.2) is 4.39 Å². The minimum Gasteiger partial charge on any atom is -0.316 e. The second-order valence-electron chi connectivity index (χ2n) is 5.76. The van der Waals surface area contributed by atoms with Gasteiger partial charge in [-0.2, -0.15) is 0 Å². The van der Waals surface area contributed by atoms with Crippen LogP contribution in [0.25, 0.3) is 0 Å². The topological polar surface area (TPSA) is 12.0 Å². The molecule has 1 atom stereocenters. The number of hydrogen-bond donors (Lipinski definition) is 1. The van der Waals surface area contributed by atoms with E-state index in [1.54, 1.807) is 12.1 Å². The second kappa shape index (κ2) is 7.64. The maximum atomic E-state index is 13.1. The molecule has 1 aromatic rings. The zero-order valence-electron chi connectivity index (χ0n) is 12.0. The summed E-state index contributed by atoms with van der Waals surface area (Å²) in [5, 5.41) is 3.55. The highest BCUT2D eigenvalue weighted by Gasteiger charge is 2.24. The van der Waals surface area contributed by atoms with Crippen molar-refractivity contribution in [3.05, 3.63) is 35.6 Å². The number of benzene rings is 1. The molecule has 0 bridgehead atoms. The van der Waals surface area contributed by atoms with E-state index in [0.717, 1.165) is 19.0 Å². The lowest BCUT2D eigenvalue weighted by Gasteiger charge is -2.31. The highest BCUT2D eigenvalue weighted by molar-refractivity contribution is 5.22. The first kappa shape index (κ1) is 14.5. The summed E-state index contributed by atoms with van der Waals surface area (Å²) in [6, 6.07) is 7.15. The van der Waals surface area contributed by atoms with Crippen molar-refractivity contribution in [1.29, 1.82) is 0 Å². The molecule has 2 rings (SSSR count). The van der Waals surface area contributed by atoms with Gasteiger partial charge in [-0.1, -0.05) is 38.3 Å². The molecule has 0 aliphatic heterocycles. The number of rotatable bonds is 6. The second-order valence-corrected chi connectivity index (χ2v) is 5.76. The zero-order chi connectivity index (χ0) is 13.5. The summed E-state index contributed by atoms with van der Waals surface area (Å²) in [7, 11) is 0. The molecule has 1 aliphatic carbocycles. The van der Waals surface area contributed by atoms with Crippen LogP contribution >= 0.6 is 0 Å². The van der Waals surface area contributed by atoms with Gasteiger partial charge in [0.25, 0.3) is 0 Å². The number of nitrogens with one attached hydrogen (secondary N) is 1. The van der Waals surface area contributed by atoms with Gasteiger partial charge >= 0.3 is 0 Å².